The lowest BCUT2D eigenvalue weighted by Crippen LogP contribution is -2.40. The SMILES string of the molecule is COc1cccc(C(C)NC(C)C(OC)OC)c1. The molecule has 0 fully saturated rings. The number of benzene rings is 1. The van der Waals surface area contributed by atoms with Gasteiger partial charge in [0.25, 0.3) is 0 Å². The molecular weight excluding hydrogens is 230 g/mol. The Morgan fingerprint density at radius 2 is 1.72 bits per heavy atom. The molecule has 0 aromatic heterocycles. The summed E-state index contributed by atoms with van der Waals surface area (Å²) in [7, 11) is 4.96. The van der Waals surface area contributed by atoms with Crippen LogP contribution in [-0.2, 0) is 9.47 Å². The molecule has 0 bridgehead atoms. The van der Waals surface area contributed by atoms with E-state index < -0.39 is 0 Å². The Labute approximate surface area is 109 Å². The second-order valence-electron chi connectivity index (χ2n) is 4.29. The van der Waals surface area contributed by atoms with Gasteiger partial charge in [0, 0.05) is 20.3 Å². The minimum atomic E-state index is -0.252. The van der Waals surface area contributed by atoms with Crippen LogP contribution in [0.4, 0.5) is 0 Å². The molecule has 4 heteroatoms. The second kappa shape index (κ2) is 7.36. The third-order valence-electron chi connectivity index (χ3n) is 2.98. The van der Waals surface area contributed by atoms with E-state index in [0.29, 0.717) is 0 Å². The molecule has 18 heavy (non-hydrogen) atoms. The van der Waals surface area contributed by atoms with Gasteiger partial charge < -0.3 is 19.5 Å². The van der Waals surface area contributed by atoms with Crippen LogP contribution in [0.1, 0.15) is 25.5 Å². The Kier molecular flexibility index (Phi) is 6.12. The van der Waals surface area contributed by atoms with Crippen molar-refractivity contribution in [3.05, 3.63) is 29.8 Å². The Balaban J connectivity index is 2.66. The minimum Gasteiger partial charge on any atom is -0.497 e. The first-order valence-corrected chi connectivity index (χ1v) is 6.08. The van der Waals surface area contributed by atoms with Crippen molar-refractivity contribution in [2.75, 3.05) is 21.3 Å². The van der Waals surface area contributed by atoms with E-state index in [-0.39, 0.29) is 18.4 Å². The Hall–Kier alpha value is -1.10. The van der Waals surface area contributed by atoms with Crippen LogP contribution in [0.25, 0.3) is 0 Å². The Morgan fingerprint density at radius 1 is 1.06 bits per heavy atom. The van der Waals surface area contributed by atoms with Crippen molar-refractivity contribution in [1.29, 1.82) is 0 Å². The van der Waals surface area contributed by atoms with Crippen LogP contribution in [0.5, 0.6) is 5.75 Å². The molecule has 2 atom stereocenters. The highest BCUT2D eigenvalue weighted by Gasteiger charge is 2.18. The molecule has 2 unspecified atom stereocenters. The number of hydrogen-bond donors (Lipinski definition) is 1. The summed E-state index contributed by atoms with van der Waals surface area (Å²) in [5.74, 6) is 0.865. The smallest absolute Gasteiger partial charge is 0.171 e. The lowest BCUT2D eigenvalue weighted by atomic mass is 10.1. The number of rotatable bonds is 7. The van der Waals surface area contributed by atoms with Gasteiger partial charge in [0.1, 0.15) is 5.75 Å². The van der Waals surface area contributed by atoms with Gasteiger partial charge in [0.05, 0.1) is 13.2 Å². The fourth-order valence-corrected chi connectivity index (χ4v) is 1.98. The van der Waals surface area contributed by atoms with Gasteiger partial charge in [-0.2, -0.15) is 0 Å². The third-order valence-corrected chi connectivity index (χ3v) is 2.98. The summed E-state index contributed by atoms with van der Waals surface area (Å²) in [6.45, 7) is 4.14. The maximum absolute atomic E-state index is 5.23. The van der Waals surface area contributed by atoms with Gasteiger partial charge in [0.2, 0.25) is 0 Å². The molecule has 0 aliphatic rings. The summed E-state index contributed by atoms with van der Waals surface area (Å²) >= 11 is 0. The molecule has 0 aliphatic heterocycles. The van der Waals surface area contributed by atoms with E-state index >= 15 is 0 Å². The fourth-order valence-electron chi connectivity index (χ4n) is 1.98. The third kappa shape index (κ3) is 3.98. The molecule has 1 rings (SSSR count). The van der Waals surface area contributed by atoms with Gasteiger partial charge in [-0.25, -0.2) is 0 Å². The standard InChI is InChI=1S/C14H23NO3/c1-10(15-11(2)14(17-4)18-5)12-7-6-8-13(9-12)16-3/h6-11,14-15H,1-5H3. The highest BCUT2D eigenvalue weighted by Crippen LogP contribution is 2.19. The first kappa shape index (κ1) is 15.0. The average molecular weight is 253 g/mol. The van der Waals surface area contributed by atoms with Gasteiger partial charge in [-0.05, 0) is 31.5 Å². The summed E-state index contributed by atoms with van der Waals surface area (Å²) in [6, 6.07) is 8.32. The zero-order valence-electron chi connectivity index (χ0n) is 11.8. The molecule has 1 aromatic rings. The van der Waals surface area contributed by atoms with Crippen LogP contribution >= 0.6 is 0 Å². The topological polar surface area (TPSA) is 39.7 Å². The van der Waals surface area contributed by atoms with Crippen LogP contribution in [0, 0.1) is 0 Å². The van der Waals surface area contributed by atoms with Gasteiger partial charge >= 0.3 is 0 Å². The predicted octanol–water partition coefficient (Wildman–Crippen LogP) is 2.35. The van der Waals surface area contributed by atoms with Crippen molar-refractivity contribution in [3.8, 4) is 5.75 Å². The molecule has 0 aliphatic carbocycles. The van der Waals surface area contributed by atoms with Crippen molar-refractivity contribution in [2.45, 2.75) is 32.2 Å². The van der Waals surface area contributed by atoms with E-state index in [2.05, 4.69) is 18.3 Å². The number of methoxy groups -OCH3 is 3. The number of hydrogen-bond acceptors (Lipinski definition) is 4. The Morgan fingerprint density at radius 3 is 2.28 bits per heavy atom. The summed E-state index contributed by atoms with van der Waals surface area (Å²) in [6.07, 6.45) is -0.252. The first-order chi connectivity index (χ1) is 8.62. The molecule has 4 nitrogen and oxygen atoms in total. The first-order valence-electron chi connectivity index (χ1n) is 6.08. The van der Waals surface area contributed by atoms with Crippen molar-refractivity contribution in [3.63, 3.8) is 0 Å². The maximum atomic E-state index is 5.23. The lowest BCUT2D eigenvalue weighted by molar-refractivity contribution is -0.120. The van der Waals surface area contributed by atoms with Crippen molar-refractivity contribution >= 4 is 0 Å². The summed E-state index contributed by atoms with van der Waals surface area (Å²) in [5.41, 5.74) is 1.17. The molecule has 102 valence electrons. The summed E-state index contributed by atoms with van der Waals surface area (Å²) in [4.78, 5) is 0. The van der Waals surface area contributed by atoms with Gasteiger partial charge in [-0.1, -0.05) is 12.1 Å². The molecule has 1 N–H and O–H groups in total. The molecule has 0 radical (unpaired) electrons. The lowest BCUT2D eigenvalue weighted by Gasteiger charge is -2.26. The van der Waals surface area contributed by atoms with Crippen molar-refractivity contribution in [2.24, 2.45) is 0 Å². The van der Waals surface area contributed by atoms with Gasteiger partial charge in [-0.3, -0.25) is 0 Å². The molecule has 0 heterocycles. The van der Waals surface area contributed by atoms with Crippen LogP contribution in [0.15, 0.2) is 24.3 Å². The van der Waals surface area contributed by atoms with E-state index in [1.807, 2.05) is 25.1 Å². The number of nitrogens with one attached hydrogen (secondary N) is 1. The quantitative estimate of drug-likeness (QED) is 0.757. The van der Waals surface area contributed by atoms with E-state index in [9.17, 15) is 0 Å². The van der Waals surface area contributed by atoms with Crippen molar-refractivity contribution in [1.82, 2.24) is 5.32 Å². The second-order valence-corrected chi connectivity index (χ2v) is 4.29. The van der Waals surface area contributed by atoms with E-state index in [1.165, 1.54) is 5.56 Å². The maximum Gasteiger partial charge on any atom is 0.171 e. The van der Waals surface area contributed by atoms with Crippen LogP contribution in [0.2, 0.25) is 0 Å². The van der Waals surface area contributed by atoms with Gasteiger partial charge in [-0.15, -0.1) is 0 Å². The Bertz CT molecular complexity index is 353. The van der Waals surface area contributed by atoms with Crippen LogP contribution < -0.4 is 10.1 Å². The molecule has 0 amide bonds. The van der Waals surface area contributed by atoms with Crippen LogP contribution in [0.3, 0.4) is 0 Å². The molecule has 0 saturated carbocycles. The fraction of sp³-hybridized carbons (Fsp3) is 0.571. The molecular formula is C14H23NO3. The minimum absolute atomic E-state index is 0.0983. The normalized spacial score (nSPS) is 14.6. The highest BCUT2D eigenvalue weighted by molar-refractivity contribution is 5.30. The van der Waals surface area contributed by atoms with E-state index in [1.54, 1.807) is 21.3 Å². The molecule has 0 saturated heterocycles. The summed E-state index contributed by atoms with van der Waals surface area (Å²) < 4.78 is 15.7. The van der Waals surface area contributed by atoms with Gasteiger partial charge in [0.15, 0.2) is 6.29 Å². The van der Waals surface area contributed by atoms with Crippen molar-refractivity contribution < 1.29 is 14.2 Å². The molecule has 1 aromatic carbocycles. The highest BCUT2D eigenvalue weighted by atomic mass is 16.7. The zero-order valence-corrected chi connectivity index (χ0v) is 11.8. The average Bonchev–Trinajstić information content (AvgIpc) is 2.40. The van der Waals surface area contributed by atoms with E-state index in [4.69, 9.17) is 14.2 Å². The number of ether oxygens (including phenoxy) is 3. The predicted molar refractivity (Wildman–Crippen MR) is 71.8 cm³/mol. The summed E-state index contributed by atoms with van der Waals surface area (Å²) in [5, 5.41) is 3.44. The van der Waals surface area contributed by atoms with E-state index in [0.717, 1.165) is 5.75 Å². The largest absolute Gasteiger partial charge is 0.497 e. The zero-order chi connectivity index (χ0) is 13.5. The monoisotopic (exact) mass is 253 g/mol. The van der Waals surface area contributed by atoms with Crippen LogP contribution in [-0.4, -0.2) is 33.7 Å². The molecule has 0 spiro atoms.